The molecule has 1 aromatic carbocycles. The Morgan fingerprint density at radius 3 is 2.80 bits per heavy atom. The Morgan fingerprint density at radius 2 is 2.25 bits per heavy atom. The maximum absolute atomic E-state index is 11.8. The predicted octanol–water partition coefficient (Wildman–Crippen LogP) is 1.28. The summed E-state index contributed by atoms with van der Waals surface area (Å²) in [6, 6.07) is 4.11. The lowest BCUT2D eigenvalue weighted by molar-refractivity contribution is -0.384. The smallest absolute Gasteiger partial charge is 0.296 e. The van der Waals surface area contributed by atoms with Crippen LogP contribution in [0.25, 0.3) is 0 Å². The number of hydrogen-bond acceptors (Lipinski definition) is 6. The number of carbonyl (C=O) groups excluding carboxylic acids is 1. The van der Waals surface area contributed by atoms with Crippen molar-refractivity contribution in [2.75, 3.05) is 12.4 Å². The van der Waals surface area contributed by atoms with E-state index >= 15 is 0 Å². The van der Waals surface area contributed by atoms with E-state index < -0.39 is 10.8 Å². The van der Waals surface area contributed by atoms with Crippen molar-refractivity contribution in [1.82, 2.24) is 15.2 Å². The van der Waals surface area contributed by atoms with Crippen molar-refractivity contribution >= 4 is 17.3 Å². The van der Waals surface area contributed by atoms with Gasteiger partial charge in [-0.25, -0.2) is 4.98 Å². The molecule has 0 radical (unpaired) electrons. The highest BCUT2D eigenvalue weighted by Gasteiger charge is 2.19. The van der Waals surface area contributed by atoms with E-state index in [2.05, 4.69) is 20.5 Å². The number of nitrogens with one attached hydrogen (secondary N) is 2. The van der Waals surface area contributed by atoms with Gasteiger partial charge in [-0.2, -0.15) is 0 Å². The minimum absolute atomic E-state index is 0.0447. The molecular weight excluding hydrogens is 266 g/mol. The summed E-state index contributed by atoms with van der Waals surface area (Å²) in [6.07, 6.45) is 0. The number of rotatable bonds is 4. The fourth-order valence-corrected chi connectivity index (χ4v) is 1.52. The third-order valence-electron chi connectivity index (χ3n) is 2.45. The average molecular weight is 277 g/mol. The molecule has 1 amide bonds. The number of aromatic nitrogens is 3. The van der Waals surface area contributed by atoms with Crippen LogP contribution in [0.15, 0.2) is 18.2 Å². The first-order chi connectivity index (χ1) is 9.51. The van der Waals surface area contributed by atoms with E-state index in [-0.39, 0.29) is 17.2 Å². The average Bonchev–Trinajstić information content (AvgIpc) is 2.85. The summed E-state index contributed by atoms with van der Waals surface area (Å²) in [5.41, 5.74) is -0.229. The number of carbonyl (C=O) groups is 1. The first-order valence-electron chi connectivity index (χ1n) is 5.54. The number of amides is 1. The Labute approximate surface area is 113 Å². The number of benzene rings is 1. The third-order valence-corrected chi connectivity index (χ3v) is 2.45. The van der Waals surface area contributed by atoms with Gasteiger partial charge in [-0.1, -0.05) is 0 Å². The van der Waals surface area contributed by atoms with Gasteiger partial charge < -0.3 is 10.1 Å². The van der Waals surface area contributed by atoms with Gasteiger partial charge in [-0.05, 0) is 19.1 Å². The number of ether oxygens (including phenoxy) is 1. The van der Waals surface area contributed by atoms with Crippen LogP contribution in [-0.2, 0) is 0 Å². The van der Waals surface area contributed by atoms with Crippen LogP contribution in [0.3, 0.4) is 0 Å². The van der Waals surface area contributed by atoms with Crippen LogP contribution >= 0.6 is 0 Å². The van der Waals surface area contributed by atoms with Crippen LogP contribution < -0.4 is 10.1 Å². The molecule has 2 aromatic rings. The lowest BCUT2D eigenvalue weighted by Gasteiger charge is -2.05. The standard InChI is InChI=1S/C11H11N5O4/c1-6-12-10(15-14-6)11(17)13-8-4-3-7(20-2)5-9(8)16(18)19/h3-5H,1-2H3,(H,13,17)(H,12,14,15). The Hall–Kier alpha value is -2.97. The number of nitro groups is 1. The third kappa shape index (κ3) is 2.71. The predicted molar refractivity (Wildman–Crippen MR) is 68.7 cm³/mol. The molecule has 1 aromatic heterocycles. The summed E-state index contributed by atoms with van der Waals surface area (Å²) in [7, 11) is 1.40. The van der Waals surface area contributed by atoms with Crippen molar-refractivity contribution in [2.24, 2.45) is 0 Å². The van der Waals surface area contributed by atoms with E-state index in [1.165, 1.54) is 25.3 Å². The molecule has 2 rings (SSSR count). The Bertz CT molecular complexity index is 667. The van der Waals surface area contributed by atoms with Crippen LogP contribution in [0, 0.1) is 17.0 Å². The highest BCUT2D eigenvalue weighted by Crippen LogP contribution is 2.29. The SMILES string of the molecule is COc1ccc(NC(=O)c2n[nH]c(C)n2)c([N+](=O)[O-])c1. The molecule has 0 aliphatic rings. The van der Waals surface area contributed by atoms with Crippen molar-refractivity contribution in [1.29, 1.82) is 0 Å². The molecule has 0 bridgehead atoms. The summed E-state index contributed by atoms with van der Waals surface area (Å²) >= 11 is 0. The van der Waals surface area contributed by atoms with E-state index in [9.17, 15) is 14.9 Å². The molecular formula is C11H11N5O4. The molecule has 2 N–H and O–H groups in total. The first-order valence-corrected chi connectivity index (χ1v) is 5.54. The molecule has 104 valence electrons. The van der Waals surface area contributed by atoms with Gasteiger partial charge in [0.2, 0.25) is 5.82 Å². The number of anilines is 1. The molecule has 0 aliphatic carbocycles. The van der Waals surface area contributed by atoms with Crippen LogP contribution in [0.5, 0.6) is 5.75 Å². The zero-order chi connectivity index (χ0) is 14.7. The van der Waals surface area contributed by atoms with Crippen LogP contribution in [0.2, 0.25) is 0 Å². The Morgan fingerprint density at radius 1 is 1.50 bits per heavy atom. The van der Waals surface area contributed by atoms with Gasteiger partial charge in [-0.3, -0.25) is 20.0 Å². The van der Waals surface area contributed by atoms with E-state index in [0.29, 0.717) is 11.6 Å². The molecule has 0 spiro atoms. The van der Waals surface area contributed by atoms with Gasteiger partial charge in [-0.15, -0.1) is 5.10 Å². The van der Waals surface area contributed by atoms with Gasteiger partial charge in [0.25, 0.3) is 11.6 Å². The van der Waals surface area contributed by atoms with E-state index in [1.807, 2.05) is 0 Å². The number of nitrogens with zero attached hydrogens (tertiary/aromatic N) is 3. The maximum Gasteiger partial charge on any atom is 0.296 e. The molecule has 0 atom stereocenters. The molecule has 0 unspecified atom stereocenters. The highest BCUT2D eigenvalue weighted by atomic mass is 16.6. The lowest BCUT2D eigenvalue weighted by Crippen LogP contribution is -2.15. The normalized spacial score (nSPS) is 10.1. The van der Waals surface area contributed by atoms with Crippen molar-refractivity contribution in [3.63, 3.8) is 0 Å². The minimum atomic E-state index is -0.636. The second kappa shape index (κ2) is 5.34. The molecule has 9 heteroatoms. The van der Waals surface area contributed by atoms with Crippen molar-refractivity contribution in [2.45, 2.75) is 6.92 Å². The number of hydrogen-bond donors (Lipinski definition) is 2. The Balaban J connectivity index is 2.29. The lowest BCUT2D eigenvalue weighted by atomic mass is 10.2. The molecule has 0 fully saturated rings. The largest absolute Gasteiger partial charge is 0.496 e. The highest BCUT2D eigenvalue weighted by molar-refractivity contribution is 6.02. The second-order valence-electron chi connectivity index (χ2n) is 3.84. The first kappa shape index (κ1) is 13.5. The Kier molecular flexibility index (Phi) is 3.60. The van der Waals surface area contributed by atoms with E-state index in [0.717, 1.165) is 0 Å². The number of H-pyrrole nitrogens is 1. The summed E-state index contributed by atoms with van der Waals surface area (Å²) in [5.74, 6) is 0.0676. The van der Waals surface area contributed by atoms with Crippen molar-refractivity contribution in [3.05, 3.63) is 40.0 Å². The molecule has 0 saturated carbocycles. The minimum Gasteiger partial charge on any atom is -0.496 e. The van der Waals surface area contributed by atoms with Crippen LogP contribution in [0.4, 0.5) is 11.4 Å². The quantitative estimate of drug-likeness (QED) is 0.641. The van der Waals surface area contributed by atoms with Crippen LogP contribution in [-0.4, -0.2) is 33.1 Å². The van der Waals surface area contributed by atoms with Gasteiger partial charge in [0.15, 0.2) is 0 Å². The summed E-state index contributed by atoms with van der Waals surface area (Å²) in [4.78, 5) is 26.1. The molecule has 20 heavy (non-hydrogen) atoms. The van der Waals surface area contributed by atoms with Gasteiger partial charge in [0.05, 0.1) is 18.1 Å². The van der Waals surface area contributed by atoms with Gasteiger partial charge >= 0.3 is 0 Å². The number of methoxy groups -OCH3 is 1. The topological polar surface area (TPSA) is 123 Å². The van der Waals surface area contributed by atoms with E-state index in [4.69, 9.17) is 4.74 Å². The zero-order valence-corrected chi connectivity index (χ0v) is 10.7. The summed E-state index contributed by atoms with van der Waals surface area (Å²) < 4.78 is 4.91. The van der Waals surface area contributed by atoms with Gasteiger partial charge in [0, 0.05) is 0 Å². The summed E-state index contributed by atoms with van der Waals surface area (Å²) in [5, 5.41) is 19.6. The number of aromatic amines is 1. The molecule has 1 heterocycles. The maximum atomic E-state index is 11.8. The fourth-order valence-electron chi connectivity index (χ4n) is 1.52. The summed E-state index contributed by atoms with van der Waals surface area (Å²) in [6.45, 7) is 1.64. The van der Waals surface area contributed by atoms with E-state index in [1.54, 1.807) is 6.92 Å². The van der Waals surface area contributed by atoms with Crippen molar-refractivity contribution < 1.29 is 14.5 Å². The molecule has 0 saturated heterocycles. The molecule has 0 aliphatic heterocycles. The zero-order valence-electron chi connectivity index (χ0n) is 10.7. The fraction of sp³-hybridized carbons (Fsp3) is 0.182. The number of aryl methyl sites for hydroxylation is 1. The number of nitro benzene ring substituents is 1. The monoisotopic (exact) mass is 277 g/mol. The second-order valence-corrected chi connectivity index (χ2v) is 3.84. The van der Waals surface area contributed by atoms with Crippen molar-refractivity contribution in [3.8, 4) is 5.75 Å². The van der Waals surface area contributed by atoms with Crippen LogP contribution in [0.1, 0.15) is 16.4 Å². The van der Waals surface area contributed by atoms with Gasteiger partial charge in [0.1, 0.15) is 17.3 Å². The molecule has 9 nitrogen and oxygen atoms in total.